The van der Waals surface area contributed by atoms with E-state index in [2.05, 4.69) is 10.6 Å². The number of non-ortho nitro benzene ring substituents is 1. The predicted octanol–water partition coefficient (Wildman–Crippen LogP) is 1.59. The molecule has 21 heavy (non-hydrogen) atoms. The molecule has 1 rings (SSSR count). The quantitative estimate of drug-likeness (QED) is 0.539. The Hall–Kier alpha value is -2.84. The van der Waals surface area contributed by atoms with E-state index in [-0.39, 0.29) is 23.5 Å². The molecule has 2 amide bonds. The van der Waals surface area contributed by atoms with Gasteiger partial charge in [-0.25, -0.2) is 9.59 Å². The molecule has 0 spiro atoms. The molecule has 0 radical (unpaired) electrons. The molecule has 1 aromatic rings. The molecule has 0 saturated heterocycles. The Balaban J connectivity index is 2.85. The molecule has 114 valence electrons. The van der Waals surface area contributed by atoms with Gasteiger partial charge in [0.25, 0.3) is 5.69 Å². The van der Waals surface area contributed by atoms with E-state index in [4.69, 9.17) is 9.84 Å². The maximum absolute atomic E-state index is 11.7. The van der Waals surface area contributed by atoms with Crippen molar-refractivity contribution in [1.82, 2.24) is 5.32 Å². The molecule has 0 aliphatic rings. The highest BCUT2D eigenvalue weighted by Crippen LogP contribution is 2.28. The summed E-state index contributed by atoms with van der Waals surface area (Å²) in [7, 11) is 1.30. The second-order valence-electron chi connectivity index (χ2n) is 4.04. The van der Waals surface area contributed by atoms with Crippen molar-refractivity contribution in [3.63, 3.8) is 0 Å². The number of rotatable bonds is 6. The van der Waals surface area contributed by atoms with Gasteiger partial charge in [-0.05, 0) is 12.5 Å². The number of methoxy groups -OCH3 is 1. The lowest BCUT2D eigenvalue weighted by Gasteiger charge is -2.14. The summed E-state index contributed by atoms with van der Waals surface area (Å²) in [4.78, 5) is 32.6. The van der Waals surface area contributed by atoms with Crippen LogP contribution in [0.3, 0.4) is 0 Å². The first kappa shape index (κ1) is 16.2. The van der Waals surface area contributed by atoms with Crippen LogP contribution in [0, 0.1) is 10.1 Å². The van der Waals surface area contributed by atoms with Gasteiger partial charge in [0, 0.05) is 6.07 Å². The number of carboxylic acid groups (broad SMARTS) is 1. The van der Waals surface area contributed by atoms with E-state index in [9.17, 15) is 19.7 Å². The van der Waals surface area contributed by atoms with E-state index >= 15 is 0 Å². The number of carbonyl (C=O) groups is 2. The lowest BCUT2D eigenvalue weighted by Crippen LogP contribution is -2.42. The Morgan fingerprint density at radius 2 is 2.14 bits per heavy atom. The molecule has 0 saturated carbocycles. The van der Waals surface area contributed by atoms with Crippen molar-refractivity contribution in [2.75, 3.05) is 12.4 Å². The largest absolute Gasteiger partial charge is 0.494 e. The van der Waals surface area contributed by atoms with Gasteiger partial charge in [-0.2, -0.15) is 0 Å². The van der Waals surface area contributed by atoms with Gasteiger partial charge in [-0.3, -0.25) is 10.1 Å². The van der Waals surface area contributed by atoms with Crippen molar-refractivity contribution in [3.8, 4) is 5.75 Å². The third-order valence-electron chi connectivity index (χ3n) is 2.66. The normalized spacial score (nSPS) is 11.3. The van der Waals surface area contributed by atoms with E-state index in [0.717, 1.165) is 6.07 Å². The van der Waals surface area contributed by atoms with Gasteiger partial charge in [0.05, 0.1) is 23.8 Å². The van der Waals surface area contributed by atoms with Crippen LogP contribution in [0.5, 0.6) is 5.75 Å². The fourth-order valence-electron chi connectivity index (χ4n) is 1.55. The van der Waals surface area contributed by atoms with Crippen LogP contribution in [0.25, 0.3) is 0 Å². The number of hydrogen-bond acceptors (Lipinski definition) is 5. The Morgan fingerprint density at radius 3 is 2.62 bits per heavy atom. The van der Waals surface area contributed by atoms with Crippen LogP contribution < -0.4 is 15.4 Å². The highest BCUT2D eigenvalue weighted by atomic mass is 16.6. The average Bonchev–Trinajstić information content (AvgIpc) is 2.44. The number of benzene rings is 1. The fourth-order valence-corrected chi connectivity index (χ4v) is 1.55. The van der Waals surface area contributed by atoms with Crippen LogP contribution in [-0.4, -0.2) is 35.2 Å². The molecule has 0 aromatic heterocycles. The highest BCUT2D eigenvalue weighted by Gasteiger charge is 2.19. The molecule has 0 bridgehead atoms. The van der Waals surface area contributed by atoms with Crippen LogP contribution in [0.4, 0.5) is 16.2 Å². The first-order chi connectivity index (χ1) is 9.88. The minimum Gasteiger partial charge on any atom is -0.494 e. The number of carboxylic acids is 1. The molecule has 0 aliphatic heterocycles. The van der Waals surface area contributed by atoms with Gasteiger partial charge in [0.2, 0.25) is 0 Å². The molecule has 0 unspecified atom stereocenters. The van der Waals surface area contributed by atoms with Crippen LogP contribution >= 0.6 is 0 Å². The number of nitro benzene ring substituents is 1. The summed E-state index contributed by atoms with van der Waals surface area (Å²) in [5.41, 5.74) is 0.00983. The van der Waals surface area contributed by atoms with Gasteiger partial charge >= 0.3 is 12.0 Å². The van der Waals surface area contributed by atoms with Crippen LogP contribution in [0.15, 0.2) is 18.2 Å². The number of nitrogens with one attached hydrogen (secondary N) is 2. The molecule has 1 atom stereocenters. The number of nitrogens with zero attached hydrogens (tertiary/aromatic N) is 1. The Labute approximate surface area is 120 Å². The van der Waals surface area contributed by atoms with E-state index in [1.807, 2.05) is 0 Å². The standard InChI is InChI=1S/C12H15N3O6/c1-3-8(11(16)17)13-12(18)14-9-5-4-7(15(19)20)6-10(9)21-2/h4-6,8H,3H2,1-2H3,(H,16,17)(H2,13,14,18)/t8-/m1/s1. The Bertz CT molecular complexity index is 560. The van der Waals surface area contributed by atoms with Crippen molar-refractivity contribution in [3.05, 3.63) is 28.3 Å². The molecule has 3 N–H and O–H groups in total. The third kappa shape index (κ3) is 4.34. The summed E-state index contributed by atoms with van der Waals surface area (Å²) < 4.78 is 4.95. The zero-order valence-electron chi connectivity index (χ0n) is 11.5. The van der Waals surface area contributed by atoms with Gasteiger partial charge in [-0.15, -0.1) is 0 Å². The van der Waals surface area contributed by atoms with E-state index in [1.54, 1.807) is 6.92 Å². The van der Waals surface area contributed by atoms with Crippen molar-refractivity contribution in [2.45, 2.75) is 19.4 Å². The molecular formula is C12H15N3O6. The summed E-state index contributed by atoms with van der Waals surface area (Å²) in [6.45, 7) is 1.62. The summed E-state index contributed by atoms with van der Waals surface area (Å²) in [6, 6.07) is 1.90. The molecule has 0 fully saturated rings. The first-order valence-electron chi connectivity index (χ1n) is 6.01. The molecule has 1 aromatic carbocycles. The van der Waals surface area contributed by atoms with Crippen molar-refractivity contribution in [2.24, 2.45) is 0 Å². The highest BCUT2D eigenvalue weighted by molar-refractivity contribution is 5.93. The van der Waals surface area contributed by atoms with Crippen LogP contribution in [-0.2, 0) is 4.79 Å². The predicted molar refractivity (Wildman–Crippen MR) is 73.5 cm³/mol. The maximum Gasteiger partial charge on any atom is 0.326 e. The number of carbonyl (C=O) groups excluding carboxylic acids is 1. The molecule has 9 nitrogen and oxygen atoms in total. The lowest BCUT2D eigenvalue weighted by atomic mass is 10.2. The molecule has 0 heterocycles. The average molecular weight is 297 g/mol. The van der Waals surface area contributed by atoms with Crippen LogP contribution in [0.1, 0.15) is 13.3 Å². The topological polar surface area (TPSA) is 131 Å². The zero-order chi connectivity index (χ0) is 16.0. The number of urea groups is 1. The van der Waals surface area contributed by atoms with Gasteiger partial charge < -0.3 is 20.5 Å². The van der Waals surface area contributed by atoms with Gasteiger partial charge in [-0.1, -0.05) is 6.92 Å². The maximum atomic E-state index is 11.7. The second-order valence-corrected chi connectivity index (χ2v) is 4.04. The van der Waals surface area contributed by atoms with Gasteiger partial charge in [0.15, 0.2) is 0 Å². The Kier molecular flexibility index (Phi) is 5.47. The SMILES string of the molecule is CC[C@@H](NC(=O)Nc1ccc([N+](=O)[O-])cc1OC)C(=O)O. The minimum absolute atomic E-state index is 0.0997. The summed E-state index contributed by atoms with van der Waals surface area (Å²) >= 11 is 0. The lowest BCUT2D eigenvalue weighted by molar-refractivity contribution is -0.384. The smallest absolute Gasteiger partial charge is 0.326 e. The molecular weight excluding hydrogens is 282 g/mol. The fraction of sp³-hybridized carbons (Fsp3) is 0.333. The van der Waals surface area contributed by atoms with Crippen molar-refractivity contribution in [1.29, 1.82) is 0 Å². The molecule has 0 aliphatic carbocycles. The number of anilines is 1. The number of amides is 2. The number of aliphatic carboxylic acids is 1. The summed E-state index contributed by atoms with van der Waals surface area (Å²) in [5, 5.41) is 24.1. The number of hydrogen-bond donors (Lipinski definition) is 3. The van der Waals surface area contributed by atoms with Crippen molar-refractivity contribution >= 4 is 23.4 Å². The van der Waals surface area contributed by atoms with E-state index in [0.29, 0.717) is 0 Å². The first-order valence-corrected chi connectivity index (χ1v) is 6.01. The summed E-state index contributed by atoms with van der Waals surface area (Å²) in [6.07, 6.45) is 0.222. The summed E-state index contributed by atoms with van der Waals surface area (Å²) in [5.74, 6) is -1.05. The van der Waals surface area contributed by atoms with Crippen LogP contribution in [0.2, 0.25) is 0 Å². The monoisotopic (exact) mass is 297 g/mol. The van der Waals surface area contributed by atoms with E-state index < -0.39 is 23.0 Å². The zero-order valence-corrected chi connectivity index (χ0v) is 11.5. The van der Waals surface area contributed by atoms with E-state index in [1.165, 1.54) is 19.2 Å². The van der Waals surface area contributed by atoms with Crippen molar-refractivity contribution < 1.29 is 24.4 Å². The molecule has 9 heteroatoms. The van der Waals surface area contributed by atoms with Gasteiger partial charge in [0.1, 0.15) is 11.8 Å². The third-order valence-corrected chi connectivity index (χ3v) is 2.66. The number of ether oxygens (including phenoxy) is 1. The Morgan fingerprint density at radius 1 is 1.48 bits per heavy atom. The second kappa shape index (κ2) is 7.08. The minimum atomic E-state index is -1.15. The number of nitro groups is 1.